The van der Waals surface area contributed by atoms with Crippen molar-refractivity contribution < 1.29 is 18.9 Å². The molecule has 0 saturated carbocycles. The summed E-state index contributed by atoms with van der Waals surface area (Å²) in [6.45, 7) is 4.29. The van der Waals surface area contributed by atoms with Crippen molar-refractivity contribution in [1.82, 2.24) is 4.98 Å². The maximum absolute atomic E-state index is 5.54. The molecule has 0 bridgehead atoms. The standard InChI is InChI=1S/C23H23NO4/c1-15(18-13-21(26-3)23(28-5)22(14-18)27-4)17-6-7-20(25-2)19(12-17)16-8-10-24-11-9-16/h6-14H,1H2,2-5H3. The van der Waals surface area contributed by atoms with Crippen LogP contribution in [0.5, 0.6) is 23.0 Å². The number of hydrogen-bond donors (Lipinski definition) is 0. The molecular weight excluding hydrogens is 354 g/mol. The Bertz CT molecular complexity index is 958. The van der Waals surface area contributed by atoms with Gasteiger partial charge in [-0.2, -0.15) is 0 Å². The van der Waals surface area contributed by atoms with Crippen LogP contribution in [0.2, 0.25) is 0 Å². The van der Waals surface area contributed by atoms with Crippen LogP contribution >= 0.6 is 0 Å². The van der Waals surface area contributed by atoms with Crippen molar-refractivity contribution in [2.45, 2.75) is 0 Å². The van der Waals surface area contributed by atoms with E-state index < -0.39 is 0 Å². The van der Waals surface area contributed by atoms with E-state index in [0.29, 0.717) is 17.2 Å². The SMILES string of the molecule is C=C(c1cc(OC)c(OC)c(OC)c1)c1ccc(OC)c(-c2ccncc2)c1. The number of ether oxygens (including phenoxy) is 4. The molecule has 0 saturated heterocycles. The number of benzene rings is 2. The Kier molecular flexibility index (Phi) is 5.84. The molecule has 0 atom stereocenters. The zero-order chi connectivity index (χ0) is 20.1. The summed E-state index contributed by atoms with van der Waals surface area (Å²) in [5, 5.41) is 0. The molecule has 144 valence electrons. The minimum Gasteiger partial charge on any atom is -0.496 e. The first-order chi connectivity index (χ1) is 13.6. The first-order valence-electron chi connectivity index (χ1n) is 8.71. The van der Waals surface area contributed by atoms with Crippen molar-refractivity contribution in [3.05, 3.63) is 72.6 Å². The molecular formula is C23H23NO4. The average Bonchev–Trinajstić information content (AvgIpc) is 2.77. The highest BCUT2D eigenvalue weighted by Gasteiger charge is 2.16. The van der Waals surface area contributed by atoms with Crippen LogP contribution in [0, 0.1) is 0 Å². The van der Waals surface area contributed by atoms with Crippen molar-refractivity contribution >= 4 is 5.57 Å². The number of hydrogen-bond acceptors (Lipinski definition) is 5. The second-order valence-corrected chi connectivity index (χ2v) is 6.04. The van der Waals surface area contributed by atoms with Crippen molar-refractivity contribution in [1.29, 1.82) is 0 Å². The van der Waals surface area contributed by atoms with Gasteiger partial charge in [-0.3, -0.25) is 4.98 Å². The quantitative estimate of drug-likeness (QED) is 0.589. The lowest BCUT2D eigenvalue weighted by atomic mass is 9.95. The van der Waals surface area contributed by atoms with Crippen molar-refractivity contribution in [3.8, 4) is 34.1 Å². The van der Waals surface area contributed by atoms with Gasteiger partial charge in [0, 0.05) is 18.0 Å². The van der Waals surface area contributed by atoms with Crippen LogP contribution in [0.15, 0.2) is 61.4 Å². The Morgan fingerprint density at radius 1 is 0.714 bits per heavy atom. The summed E-state index contributed by atoms with van der Waals surface area (Å²) in [4.78, 5) is 4.09. The molecule has 0 aliphatic rings. The first kappa shape index (κ1) is 19.3. The highest BCUT2D eigenvalue weighted by molar-refractivity contribution is 5.84. The molecule has 1 heterocycles. The average molecular weight is 377 g/mol. The van der Waals surface area contributed by atoms with Gasteiger partial charge in [0.05, 0.1) is 28.4 Å². The van der Waals surface area contributed by atoms with Gasteiger partial charge in [0.2, 0.25) is 5.75 Å². The Hall–Kier alpha value is -3.47. The fourth-order valence-corrected chi connectivity index (χ4v) is 3.07. The Morgan fingerprint density at radius 3 is 1.86 bits per heavy atom. The van der Waals surface area contributed by atoms with E-state index in [0.717, 1.165) is 33.6 Å². The van der Waals surface area contributed by atoms with E-state index in [1.54, 1.807) is 40.8 Å². The number of rotatable bonds is 7. The second kappa shape index (κ2) is 8.48. The molecule has 0 amide bonds. The summed E-state index contributed by atoms with van der Waals surface area (Å²) in [5.41, 5.74) is 4.65. The minimum atomic E-state index is 0.550. The van der Waals surface area contributed by atoms with Gasteiger partial charge in [0.15, 0.2) is 11.5 Å². The largest absolute Gasteiger partial charge is 0.496 e. The molecule has 0 N–H and O–H groups in total. The molecule has 5 nitrogen and oxygen atoms in total. The van der Waals surface area contributed by atoms with Gasteiger partial charge < -0.3 is 18.9 Å². The van der Waals surface area contributed by atoms with E-state index >= 15 is 0 Å². The van der Waals surface area contributed by atoms with Crippen molar-refractivity contribution in [2.75, 3.05) is 28.4 Å². The van der Waals surface area contributed by atoms with Crippen LogP contribution < -0.4 is 18.9 Å². The molecule has 0 aliphatic heterocycles. The normalized spacial score (nSPS) is 10.3. The number of methoxy groups -OCH3 is 4. The first-order valence-corrected chi connectivity index (χ1v) is 8.71. The molecule has 0 spiro atoms. The van der Waals surface area contributed by atoms with Crippen LogP contribution in [-0.2, 0) is 0 Å². The third-order valence-electron chi connectivity index (χ3n) is 4.55. The molecule has 2 aromatic carbocycles. The predicted molar refractivity (Wildman–Crippen MR) is 110 cm³/mol. The lowest BCUT2D eigenvalue weighted by Gasteiger charge is -2.16. The number of pyridine rings is 1. The van der Waals surface area contributed by atoms with Gasteiger partial charge in [-0.25, -0.2) is 0 Å². The minimum absolute atomic E-state index is 0.550. The van der Waals surface area contributed by atoms with Gasteiger partial charge >= 0.3 is 0 Å². The highest BCUT2D eigenvalue weighted by Crippen LogP contribution is 2.41. The number of nitrogens with zero attached hydrogens (tertiary/aromatic N) is 1. The topological polar surface area (TPSA) is 49.8 Å². The Labute approximate surface area is 165 Å². The smallest absolute Gasteiger partial charge is 0.203 e. The summed E-state index contributed by atoms with van der Waals surface area (Å²) in [5.74, 6) is 2.50. The molecule has 3 rings (SSSR count). The van der Waals surface area contributed by atoms with Crippen LogP contribution in [0.4, 0.5) is 0 Å². The van der Waals surface area contributed by atoms with Crippen LogP contribution in [0.25, 0.3) is 16.7 Å². The molecule has 0 radical (unpaired) electrons. The van der Waals surface area contributed by atoms with E-state index in [1.165, 1.54) is 0 Å². The third-order valence-corrected chi connectivity index (χ3v) is 4.55. The lowest BCUT2D eigenvalue weighted by molar-refractivity contribution is 0.324. The third kappa shape index (κ3) is 3.64. The zero-order valence-corrected chi connectivity index (χ0v) is 16.5. The van der Waals surface area contributed by atoms with E-state index in [9.17, 15) is 0 Å². The fourth-order valence-electron chi connectivity index (χ4n) is 3.07. The van der Waals surface area contributed by atoms with E-state index in [4.69, 9.17) is 18.9 Å². The maximum atomic E-state index is 5.54. The van der Waals surface area contributed by atoms with Gasteiger partial charge in [0.1, 0.15) is 5.75 Å². The monoisotopic (exact) mass is 377 g/mol. The molecule has 0 aliphatic carbocycles. The van der Waals surface area contributed by atoms with Crippen LogP contribution in [-0.4, -0.2) is 33.4 Å². The molecule has 0 fully saturated rings. The van der Waals surface area contributed by atoms with Gasteiger partial charge in [-0.05, 0) is 58.7 Å². The summed E-state index contributed by atoms with van der Waals surface area (Å²) < 4.78 is 21.9. The van der Waals surface area contributed by atoms with Crippen molar-refractivity contribution in [2.24, 2.45) is 0 Å². The summed E-state index contributed by atoms with van der Waals surface area (Å²) in [7, 11) is 6.44. The molecule has 1 aromatic heterocycles. The summed E-state index contributed by atoms with van der Waals surface area (Å²) in [6, 6.07) is 13.6. The molecule has 5 heteroatoms. The van der Waals surface area contributed by atoms with E-state index in [-0.39, 0.29) is 0 Å². The Balaban J connectivity index is 2.08. The molecule has 0 unspecified atom stereocenters. The molecule has 3 aromatic rings. The van der Waals surface area contributed by atoms with Gasteiger partial charge in [-0.15, -0.1) is 0 Å². The van der Waals surface area contributed by atoms with Gasteiger partial charge in [-0.1, -0.05) is 12.6 Å². The van der Waals surface area contributed by atoms with Crippen LogP contribution in [0.3, 0.4) is 0 Å². The molecule has 28 heavy (non-hydrogen) atoms. The van der Waals surface area contributed by atoms with Crippen molar-refractivity contribution in [3.63, 3.8) is 0 Å². The maximum Gasteiger partial charge on any atom is 0.203 e. The van der Waals surface area contributed by atoms with Gasteiger partial charge in [0.25, 0.3) is 0 Å². The van der Waals surface area contributed by atoms with E-state index in [1.807, 2.05) is 36.4 Å². The van der Waals surface area contributed by atoms with E-state index in [2.05, 4.69) is 17.6 Å². The fraction of sp³-hybridized carbons (Fsp3) is 0.174. The zero-order valence-electron chi connectivity index (χ0n) is 16.5. The Morgan fingerprint density at radius 2 is 1.32 bits per heavy atom. The summed E-state index contributed by atoms with van der Waals surface area (Å²) in [6.07, 6.45) is 3.52. The second-order valence-electron chi connectivity index (χ2n) is 6.04. The summed E-state index contributed by atoms with van der Waals surface area (Å²) >= 11 is 0. The van der Waals surface area contributed by atoms with Crippen LogP contribution in [0.1, 0.15) is 11.1 Å². The lowest BCUT2D eigenvalue weighted by Crippen LogP contribution is -1.98. The predicted octanol–water partition coefficient (Wildman–Crippen LogP) is 4.84. The number of aromatic nitrogens is 1. The highest BCUT2D eigenvalue weighted by atomic mass is 16.5.